The third kappa shape index (κ3) is 5.79. The van der Waals surface area contributed by atoms with E-state index in [9.17, 15) is 4.79 Å². The van der Waals surface area contributed by atoms with Crippen molar-refractivity contribution >= 4 is 26.9 Å². The number of nitrogens with one attached hydrogen (secondary N) is 1. The molecule has 0 aliphatic carbocycles. The number of carbonyl (C=O) groups is 1. The molecule has 4 nitrogen and oxygen atoms in total. The predicted octanol–water partition coefficient (Wildman–Crippen LogP) is 1.60. The molecule has 0 aromatic heterocycles. The maximum absolute atomic E-state index is 11.6. The van der Waals surface area contributed by atoms with Crippen LogP contribution in [0.3, 0.4) is 0 Å². The van der Waals surface area contributed by atoms with Gasteiger partial charge in [-0.15, -0.1) is 0 Å². The minimum Gasteiger partial charge on any atom is -0.444 e. The Labute approximate surface area is 111 Å². The largest absolute Gasteiger partial charge is 0.444 e. The van der Waals surface area contributed by atoms with E-state index in [-0.39, 0.29) is 21.8 Å². The van der Waals surface area contributed by atoms with Crippen molar-refractivity contribution in [2.75, 3.05) is 19.3 Å². The maximum atomic E-state index is 11.6. The molecule has 0 bridgehead atoms. The number of alkyl carbamates (subject to hydrolysis) is 1. The minimum atomic E-state index is -0.429. The van der Waals surface area contributed by atoms with Crippen LogP contribution in [0.25, 0.3) is 0 Å². The van der Waals surface area contributed by atoms with Crippen LogP contribution < -0.4 is 5.32 Å². The highest BCUT2D eigenvalue weighted by Gasteiger charge is 2.23. The van der Waals surface area contributed by atoms with Crippen LogP contribution in [0.4, 0.5) is 4.79 Å². The second-order valence-electron chi connectivity index (χ2n) is 5.27. The van der Waals surface area contributed by atoms with Gasteiger partial charge in [-0.3, -0.25) is 0 Å². The number of ether oxygens (including phenoxy) is 1. The van der Waals surface area contributed by atoms with Gasteiger partial charge in [0, 0.05) is 25.4 Å². The third-order valence-corrected chi connectivity index (χ3v) is 4.26. The van der Waals surface area contributed by atoms with Gasteiger partial charge in [0.05, 0.1) is 0 Å². The van der Waals surface area contributed by atoms with Gasteiger partial charge in [-0.05, 0) is 44.8 Å². The van der Waals surface area contributed by atoms with Gasteiger partial charge in [0.2, 0.25) is 0 Å². The molecule has 1 rings (SSSR count). The van der Waals surface area contributed by atoms with E-state index in [4.69, 9.17) is 15.9 Å². The number of hydrogen-bond donors (Lipinski definition) is 1. The Morgan fingerprint density at radius 3 is 2.35 bits per heavy atom. The van der Waals surface area contributed by atoms with E-state index in [2.05, 4.69) is 15.9 Å². The lowest BCUT2D eigenvalue weighted by molar-refractivity contribution is 0.0490. The average molecular weight is 278 g/mol. The molecule has 17 heavy (non-hydrogen) atoms. The Morgan fingerprint density at radius 1 is 1.41 bits per heavy atom. The Bertz CT molecular complexity index is 294. The first-order valence-electron chi connectivity index (χ1n) is 5.86. The van der Waals surface area contributed by atoms with E-state index in [1.165, 1.54) is 0 Å². The van der Waals surface area contributed by atoms with Gasteiger partial charge in [0.1, 0.15) is 5.60 Å². The summed E-state index contributed by atoms with van der Waals surface area (Å²) in [4.78, 5) is 11.6. The topological polar surface area (TPSA) is 41.6 Å². The first-order valence-corrected chi connectivity index (χ1v) is 8.37. The van der Waals surface area contributed by atoms with E-state index in [0.29, 0.717) is 0 Å². The van der Waals surface area contributed by atoms with Crippen molar-refractivity contribution in [1.29, 1.82) is 0 Å². The fraction of sp³-hybridized carbons (Fsp3) is 0.909. The highest BCUT2D eigenvalue weighted by molar-refractivity contribution is 8.27. The number of carbonyl (C=O) groups excluding carboxylic acids is 1. The van der Waals surface area contributed by atoms with Gasteiger partial charge in [-0.1, -0.05) is 9.64 Å². The summed E-state index contributed by atoms with van der Waals surface area (Å²) in [5, 5.41) is 2.92. The molecule has 0 radical (unpaired) electrons. The van der Waals surface area contributed by atoms with Crippen molar-refractivity contribution in [3.8, 4) is 0 Å². The van der Waals surface area contributed by atoms with Gasteiger partial charge in [0.25, 0.3) is 0 Å². The van der Waals surface area contributed by atoms with E-state index < -0.39 is 5.60 Å². The van der Waals surface area contributed by atoms with Crippen molar-refractivity contribution in [1.82, 2.24) is 9.62 Å². The van der Waals surface area contributed by atoms with Crippen LogP contribution in [0.2, 0.25) is 0 Å². The zero-order chi connectivity index (χ0) is 13.1. The molecule has 1 unspecified atom stereocenters. The first kappa shape index (κ1) is 14.9. The lowest BCUT2D eigenvalue weighted by Crippen LogP contribution is -2.46. The van der Waals surface area contributed by atoms with Crippen LogP contribution in [-0.2, 0) is 25.6 Å². The summed E-state index contributed by atoms with van der Waals surface area (Å²) in [6, 6.07) is 0.222. The zero-order valence-corrected chi connectivity index (χ0v) is 12.6. The van der Waals surface area contributed by atoms with Crippen molar-refractivity contribution in [2.45, 2.75) is 45.3 Å². The molecule has 1 saturated heterocycles. The number of amides is 1. The smallest absolute Gasteiger partial charge is 0.407 e. The molecule has 1 atom stereocenters. The molecule has 100 valence electrons. The molecule has 0 aromatic rings. The summed E-state index contributed by atoms with van der Waals surface area (Å²) in [7, 11) is -0.0728. The van der Waals surface area contributed by atoms with Crippen LogP contribution in [0.1, 0.15) is 33.6 Å². The fourth-order valence-electron chi connectivity index (χ4n) is 1.73. The molecule has 0 aromatic carbocycles. The standard InChI is InChI=1S/C11H22N2O2S2/c1-11(2,3)15-10(14)12-9-5-7-13(8-6-9)17(4)16/h9H,5-8H2,1-4H3,(H,12,14). The molecule has 0 saturated carbocycles. The van der Waals surface area contributed by atoms with Crippen LogP contribution in [0.5, 0.6) is 0 Å². The van der Waals surface area contributed by atoms with Crippen LogP contribution in [0.15, 0.2) is 0 Å². The number of piperidine rings is 1. The van der Waals surface area contributed by atoms with E-state index in [1.807, 2.05) is 20.8 Å². The Morgan fingerprint density at radius 2 is 1.94 bits per heavy atom. The highest BCUT2D eigenvalue weighted by atomic mass is 32.8. The average Bonchev–Trinajstić information content (AvgIpc) is 2.15. The molecule has 1 fully saturated rings. The zero-order valence-electron chi connectivity index (χ0n) is 11.0. The molecule has 0 spiro atoms. The normalized spacial score (nSPS) is 20.9. The monoisotopic (exact) mass is 278 g/mol. The molecular weight excluding hydrogens is 256 g/mol. The fourth-order valence-corrected chi connectivity index (χ4v) is 2.90. The van der Waals surface area contributed by atoms with Crippen LogP contribution in [-0.4, -0.2) is 41.4 Å². The second-order valence-corrected chi connectivity index (χ2v) is 8.08. The molecule has 1 aliphatic rings. The summed E-state index contributed by atoms with van der Waals surface area (Å²) in [5.41, 5.74) is -0.429. The van der Waals surface area contributed by atoms with Gasteiger partial charge < -0.3 is 10.1 Å². The summed E-state index contributed by atoms with van der Waals surface area (Å²) >= 11 is 5.24. The van der Waals surface area contributed by atoms with E-state index in [0.717, 1.165) is 25.9 Å². The molecule has 1 N–H and O–H groups in total. The molecule has 6 heteroatoms. The van der Waals surface area contributed by atoms with Crippen molar-refractivity contribution < 1.29 is 9.53 Å². The van der Waals surface area contributed by atoms with Gasteiger partial charge in [-0.25, -0.2) is 9.10 Å². The minimum absolute atomic E-state index is 0.0728. The number of rotatable bonds is 2. The maximum Gasteiger partial charge on any atom is 0.407 e. The van der Waals surface area contributed by atoms with E-state index in [1.54, 1.807) is 0 Å². The summed E-state index contributed by atoms with van der Waals surface area (Å²) < 4.78 is 7.51. The number of nitrogens with zero attached hydrogens (tertiary/aromatic N) is 1. The number of hydrogen-bond acceptors (Lipinski definition) is 3. The highest BCUT2D eigenvalue weighted by Crippen LogP contribution is 2.13. The lowest BCUT2D eigenvalue weighted by atomic mass is 10.1. The molecule has 1 aliphatic heterocycles. The first-order chi connectivity index (χ1) is 7.78. The van der Waals surface area contributed by atoms with Crippen molar-refractivity contribution in [3.63, 3.8) is 0 Å². The summed E-state index contributed by atoms with van der Waals surface area (Å²) in [6.45, 7) is 7.53. The van der Waals surface area contributed by atoms with Crippen molar-refractivity contribution in [3.05, 3.63) is 0 Å². The van der Waals surface area contributed by atoms with Crippen LogP contribution >= 0.6 is 0 Å². The van der Waals surface area contributed by atoms with Gasteiger partial charge in [-0.2, -0.15) is 0 Å². The second kappa shape index (κ2) is 6.11. The third-order valence-electron chi connectivity index (χ3n) is 2.54. The molecule has 1 amide bonds. The van der Waals surface area contributed by atoms with Crippen molar-refractivity contribution in [2.24, 2.45) is 0 Å². The lowest BCUT2D eigenvalue weighted by Gasteiger charge is -2.32. The molecule has 1 heterocycles. The summed E-state index contributed by atoms with van der Waals surface area (Å²) in [6.07, 6.45) is 3.64. The SMILES string of the molecule is CS(=S)N1CCC(NC(=O)OC(C)(C)C)CC1. The Balaban J connectivity index is 2.31. The van der Waals surface area contributed by atoms with Gasteiger partial charge >= 0.3 is 6.09 Å². The van der Waals surface area contributed by atoms with E-state index >= 15 is 0 Å². The van der Waals surface area contributed by atoms with Crippen LogP contribution in [0, 0.1) is 0 Å². The Kier molecular flexibility index (Phi) is 5.34. The quantitative estimate of drug-likeness (QED) is 0.833. The Hall–Kier alpha value is -0.200. The summed E-state index contributed by atoms with van der Waals surface area (Å²) in [5.74, 6) is 0. The molecular formula is C11H22N2O2S2. The van der Waals surface area contributed by atoms with Gasteiger partial charge in [0.15, 0.2) is 0 Å². The predicted molar refractivity (Wildman–Crippen MR) is 74.6 cm³/mol.